The predicted molar refractivity (Wildman–Crippen MR) is 105 cm³/mol. The van der Waals surface area contributed by atoms with Gasteiger partial charge in [0.05, 0.1) is 12.2 Å². The normalized spacial score (nSPS) is 13.8. The number of cyclic esters (lactones) is 1. The summed E-state index contributed by atoms with van der Waals surface area (Å²) in [5.41, 5.74) is 2.03. The molecule has 0 aliphatic carbocycles. The molecular formula is C19H17ClN4O3. The number of hydrogen-bond acceptors (Lipinski definition) is 5. The SMILES string of the molecule is O=C1OCCN1c1ccnc(NCCc2cc3cc(Cl)ccc3[nH]c2=O)c1. The van der Waals surface area contributed by atoms with E-state index < -0.39 is 0 Å². The highest BCUT2D eigenvalue weighted by atomic mass is 35.5. The van der Waals surface area contributed by atoms with Crippen molar-refractivity contribution in [1.82, 2.24) is 9.97 Å². The van der Waals surface area contributed by atoms with Crippen LogP contribution in [0, 0.1) is 0 Å². The molecule has 138 valence electrons. The van der Waals surface area contributed by atoms with E-state index in [4.69, 9.17) is 16.3 Å². The fraction of sp³-hybridized carbons (Fsp3) is 0.211. The molecule has 0 radical (unpaired) electrons. The number of aromatic nitrogens is 2. The van der Waals surface area contributed by atoms with Crippen LogP contribution in [0.15, 0.2) is 47.4 Å². The van der Waals surface area contributed by atoms with E-state index in [1.807, 2.05) is 12.1 Å². The number of hydrogen-bond donors (Lipinski definition) is 2. The van der Waals surface area contributed by atoms with Gasteiger partial charge in [0.2, 0.25) is 0 Å². The Kier molecular flexibility index (Phi) is 4.68. The quantitative estimate of drug-likeness (QED) is 0.705. The van der Waals surface area contributed by atoms with Crippen molar-refractivity contribution in [1.29, 1.82) is 0 Å². The summed E-state index contributed by atoms with van der Waals surface area (Å²) in [5, 5.41) is 4.71. The summed E-state index contributed by atoms with van der Waals surface area (Å²) in [7, 11) is 0. The van der Waals surface area contributed by atoms with Crippen LogP contribution in [0.25, 0.3) is 10.9 Å². The van der Waals surface area contributed by atoms with Crippen LogP contribution in [0.5, 0.6) is 0 Å². The lowest BCUT2D eigenvalue weighted by atomic mass is 10.1. The van der Waals surface area contributed by atoms with E-state index >= 15 is 0 Å². The van der Waals surface area contributed by atoms with Crippen molar-refractivity contribution in [3.05, 3.63) is 63.5 Å². The fourth-order valence-electron chi connectivity index (χ4n) is 3.05. The first-order valence-corrected chi connectivity index (χ1v) is 8.94. The monoisotopic (exact) mass is 384 g/mol. The molecule has 8 heteroatoms. The number of halogens is 1. The molecule has 1 aromatic carbocycles. The van der Waals surface area contributed by atoms with Crippen LogP contribution < -0.4 is 15.8 Å². The molecule has 2 aromatic heterocycles. The van der Waals surface area contributed by atoms with Crippen molar-refractivity contribution in [2.45, 2.75) is 6.42 Å². The van der Waals surface area contributed by atoms with E-state index in [9.17, 15) is 9.59 Å². The minimum atomic E-state index is -0.353. The number of ether oxygens (including phenoxy) is 1. The van der Waals surface area contributed by atoms with Gasteiger partial charge in [0.1, 0.15) is 12.4 Å². The smallest absolute Gasteiger partial charge is 0.414 e. The van der Waals surface area contributed by atoms with E-state index in [0.717, 1.165) is 16.6 Å². The number of rotatable bonds is 5. The molecule has 0 atom stereocenters. The van der Waals surface area contributed by atoms with Gasteiger partial charge < -0.3 is 15.0 Å². The second kappa shape index (κ2) is 7.28. The number of amides is 1. The Labute approximate surface area is 159 Å². The molecule has 3 aromatic rings. The third kappa shape index (κ3) is 3.73. The number of pyridine rings is 2. The Morgan fingerprint density at radius 2 is 2.11 bits per heavy atom. The number of H-pyrrole nitrogens is 1. The Balaban J connectivity index is 1.45. The van der Waals surface area contributed by atoms with Crippen LogP contribution in [0.3, 0.4) is 0 Å². The first kappa shape index (κ1) is 17.4. The minimum absolute atomic E-state index is 0.117. The molecule has 7 nitrogen and oxygen atoms in total. The summed E-state index contributed by atoms with van der Waals surface area (Å²) in [5.74, 6) is 0.632. The average Bonchev–Trinajstić information content (AvgIpc) is 3.09. The standard InChI is InChI=1S/C19H17ClN4O3/c20-14-1-2-16-13(10-14)9-12(18(25)23-16)3-5-21-17-11-15(4-6-22-17)24-7-8-27-19(24)26/h1-2,4,6,9-11H,3,5,7-8H2,(H,21,22)(H,23,25). The maximum Gasteiger partial charge on any atom is 0.414 e. The van der Waals surface area contributed by atoms with E-state index in [1.54, 1.807) is 35.4 Å². The van der Waals surface area contributed by atoms with Gasteiger partial charge in [-0.05, 0) is 42.1 Å². The molecule has 3 heterocycles. The van der Waals surface area contributed by atoms with Gasteiger partial charge in [-0.2, -0.15) is 0 Å². The second-order valence-electron chi connectivity index (χ2n) is 6.20. The summed E-state index contributed by atoms with van der Waals surface area (Å²) < 4.78 is 4.95. The fourth-order valence-corrected chi connectivity index (χ4v) is 3.23. The van der Waals surface area contributed by atoms with Crippen LogP contribution in [-0.2, 0) is 11.2 Å². The highest BCUT2D eigenvalue weighted by molar-refractivity contribution is 6.31. The summed E-state index contributed by atoms with van der Waals surface area (Å²) in [6.07, 6.45) is 1.80. The molecule has 2 N–H and O–H groups in total. The van der Waals surface area contributed by atoms with Gasteiger partial charge in [0.25, 0.3) is 5.56 Å². The molecule has 0 spiro atoms. The lowest BCUT2D eigenvalue weighted by molar-refractivity contribution is 0.181. The molecule has 1 saturated heterocycles. The zero-order chi connectivity index (χ0) is 18.8. The second-order valence-corrected chi connectivity index (χ2v) is 6.63. The van der Waals surface area contributed by atoms with Crippen molar-refractivity contribution in [3.8, 4) is 0 Å². The third-order valence-corrected chi connectivity index (χ3v) is 4.63. The molecule has 1 amide bonds. The predicted octanol–water partition coefficient (Wildman–Crippen LogP) is 3.19. The lowest BCUT2D eigenvalue weighted by Gasteiger charge is -2.14. The lowest BCUT2D eigenvalue weighted by Crippen LogP contribution is -2.23. The number of nitrogens with one attached hydrogen (secondary N) is 2. The van der Waals surface area contributed by atoms with Gasteiger partial charge in [0, 0.05) is 34.9 Å². The molecule has 0 unspecified atom stereocenters. The summed E-state index contributed by atoms with van der Waals surface area (Å²) in [6, 6.07) is 10.8. The van der Waals surface area contributed by atoms with Gasteiger partial charge in [0.15, 0.2) is 0 Å². The molecule has 0 saturated carbocycles. The molecule has 1 aliphatic rings. The first-order chi connectivity index (χ1) is 13.1. The Morgan fingerprint density at radius 1 is 1.22 bits per heavy atom. The highest BCUT2D eigenvalue weighted by Gasteiger charge is 2.23. The van der Waals surface area contributed by atoms with E-state index in [1.165, 1.54) is 0 Å². The maximum atomic E-state index is 12.2. The topological polar surface area (TPSA) is 87.3 Å². The van der Waals surface area contributed by atoms with E-state index in [-0.39, 0.29) is 11.7 Å². The average molecular weight is 385 g/mol. The van der Waals surface area contributed by atoms with Crippen molar-refractivity contribution >= 4 is 40.1 Å². The van der Waals surface area contributed by atoms with Crippen LogP contribution in [0.2, 0.25) is 5.02 Å². The number of aromatic amines is 1. The summed E-state index contributed by atoms with van der Waals surface area (Å²) >= 11 is 6.02. The zero-order valence-electron chi connectivity index (χ0n) is 14.4. The van der Waals surface area contributed by atoms with Gasteiger partial charge >= 0.3 is 6.09 Å². The third-order valence-electron chi connectivity index (χ3n) is 4.40. The first-order valence-electron chi connectivity index (χ1n) is 8.56. The van der Waals surface area contributed by atoms with Crippen molar-refractivity contribution in [2.24, 2.45) is 0 Å². The summed E-state index contributed by atoms with van der Waals surface area (Å²) in [4.78, 5) is 32.6. The van der Waals surface area contributed by atoms with Gasteiger partial charge in [-0.3, -0.25) is 9.69 Å². The number of fused-ring (bicyclic) bond motifs is 1. The van der Waals surface area contributed by atoms with E-state index in [2.05, 4.69) is 15.3 Å². The number of carbonyl (C=O) groups excluding carboxylic acids is 1. The molecule has 4 rings (SSSR count). The van der Waals surface area contributed by atoms with Crippen molar-refractivity contribution in [3.63, 3.8) is 0 Å². The number of carbonyl (C=O) groups is 1. The zero-order valence-corrected chi connectivity index (χ0v) is 15.1. The van der Waals surface area contributed by atoms with Gasteiger partial charge in [-0.15, -0.1) is 0 Å². The van der Waals surface area contributed by atoms with Crippen LogP contribution in [0.1, 0.15) is 5.56 Å². The largest absolute Gasteiger partial charge is 0.447 e. The Bertz CT molecular complexity index is 1070. The number of anilines is 2. The molecule has 0 bridgehead atoms. The molecular weight excluding hydrogens is 368 g/mol. The maximum absolute atomic E-state index is 12.2. The molecule has 1 aliphatic heterocycles. The van der Waals surface area contributed by atoms with Gasteiger partial charge in [-0.25, -0.2) is 9.78 Å². The van der Waals surface area contributed by atoms with Crippen LogP contribution in [-0.4, -0.2) is 35.8 Å². The highest BCUT2D eigenvalue weighted by Crippen LogP contribution is 2.21. The van der Waals surface area contributed by atoms with E-state index in [0.29, 0.717) is 42.5 Å². The van der Waals surface area contributed by atoms with Gasteiger partial charge in [-0.1, -0.05) is 11.6 Å². The number of benzene rings is 1. The minimum Gasteiger partial charge on any atom is -0.447 e. The van der Waals surface area contributed by atoms with Crippen molar-refractivity contribution < 1.29 is 9.53 Å². The number of nitrogens with zero attached hydrogens (tertiary/aromatic N) is 2. The van der Waals surface area contributed by atoms with Crippen molar-refractivity contribution in [2.75, 3.05) is 29.9 Å². The Hall–Kier alpha value is -3.06. The van der Waals surface area contributed by atoms with Crippen LogP contribution in [0.4, 0.5) is 16.3 Å². The Morgan fingerprint density at radius 3 is 2.93 bits per heavy atom. The van der Waals surface area contributed by atoms with Crippen LogP contribution >= 0.6 is 11.6 Å². The molecule has 1 fully saturated rings. The summed E-state index contributed by atoms with van der Waals surface area (Å²) in [6.45, 7) is 1.44. The molecule has 27 heavy (non-hydrogen) atoms.